The molecule has 0 unspecified atom stereocenters. The van der Waals surface area contributed by atoms with Gasteiger partial charge in [0.15, 0.2) is 0 Å². The highest BCUT2D eigenvalue weighted by Gasteiger charge is 2.15. The van der Waals surface area contributed by atoms with Gasteiger partial charge in [-0.25, -0.2) is 8.42 Å². The lowest BCUT2D eigenvalue weighted by atomic mass is 10.1. The summed E-state index contributed by atoms with van der Waals surface area (Å²) in [5.74, 6) is -0.327. The van der Waals surface area contributed by atoms with Crippen LogP contribution in [0.5, 0.6) is 0 Å². The number of carbonyl (C=O) groups is 1. The van der Waals surface area contributed by atoms with E-state index in [9.17, 15) is 13.2 Å². The summed E-state index contributed by atoms with van der Waals surface area (Å²) in [5, 5.41) is 3.18. The van der Waals surface area contributed by atoms with Crippen molar-refractivity contribution in [1.82, 2.24) is 0 Å². The summed E-state index contributed by atoms with van der Waals surface area (Å²) >= 11 is 5.89. The molecule has 0 aromatic heterocycles. The summed E-state index contributed by atoms with van der Waals surface area (Å²) in [6.45, 7) is 3.88. The van der Waals surface area contributed by atoms with E-state index < -0.39 is 10.0 Å². The Morgan fingerprint density at radius 3 is 2.18 bits per heavy atom. The van der Waals surface area contributed by atoms with Crippen LogP contribution in [0.2, 0.25) is 5.02 Å². The fourth-order valence-electron chi connectivity index (χ4n) is 2.57. The molecule has 28 heavy (non-hydrogen) atoms. The second-order valence-corrected chi connectivity index (χ2v) is 8.51. The highest BCUT2D eigenvalue weighted by atomic mass is 35.5. The molecule has 0 heterocycles. The summed E-state index contributed by atoms with van der Waals surface area (Å²) in [6, 6.07) is 17.9. The lowest BCUT2D eigenvalue weighted by Crippen LogP contribution is -2.14. The first-order chi connectivity index (χ1) is 13.2. The third kappa shape index (κ3) is 4.71. The quantitative estimate of drug-likeness (QED) is 0.616. The van der Waals surface area contributed by atoms with Crippen LogP contribution in [0.3, 0.4) is 0 Å². The number of hydrogen-bond donors (Lipinski definition) is 2. The standard InChI is InChI=1S/C21H19ClN2O3S/c1-14-6-7-19(12-15(14)2)24-28(26,27)20-10-8-18(9-11-20)23-21(25)16-4-3-5-17(22)13-16/h3-13,24H,1-2H3,(H,23,25). The predicted octanol–water partition coefficient (Wildman–Crippen LogP) is 5.01. The molecule has 3 rings (SSSR count). The molecule has 3 aromatic carbocycles. The van der Waals surface area contributed by atoms with Gasteiger partial charge in [0.05, 0.1) is 4.90 Å². The molecule has 0 aliphatic heterocycles. The summed E-state index contributed by atoms with van der Waals surface area (Å²) in [5.41, 5.74) is 3.49. The van der Waals surface area contributed by atoms with E-state index in [0.29, 0.717) is 22.0 Å². The van der Waals surface area contributed by atoms with Gasteiger partial charge >= 0.3 is 0 Å². The van der Waals surface area contributed by atoms with E-state index in [2.05, 4.69) is 10.0 Å². The minimum Gasteiger partial charge on any atom is -0.322 e. The molecule has 0 spiro atoms. The molecular weight excluding hydrogens is 396 g/mol. The van der Waals surface area contributed by atoms with Gasteiger partial charge in [-0.1, -0.05) is 23.7 Å². The number of hydrogen-bond acceptors (Lipinski definition) is 3. The van der Waals surface area contributed by atoms with E-state index in [-0.39, 0.29) is 10.8 Å². The molecular formula is C21H19ClN2O3S. The third-order valence-corrected chi connectivity index (χ3v) is 5.90. The highest BCUT2D eigenvalue weighted by Crippen LogP contribution is 2.21. The Balaban J connectivity index is 1.74. The molecule has 0 saturated carbocycles. The monoisotopic (exact) mass is 414 g/mol. The number of halogens is 1. The van der Waals surface area contributed by atoms with E-state index in [4.69, 9.17) is 11.6 Å². The average Bonchev–Trinajstić information content (AvgIpc) is 2.65. The van der Waals surface area contributed by atoms with Crippen LogP contribution >= 0.6 is 11.6 Å². The number of amides is 1. The molecule has 5 nitrogen and oxygen atoms in total. The maximum Gasteiger partial charge on any atom is 0.261 e. The molecule has 3 aromatic rings. The van der Waals surface area contributed by atoms with Crippen molar-refractivity contribution in [2.75, 3.05) is 10.0 Å². The van der Waals surface area contributed by atoms with E-state index in [0.717, 1.165) is 11.1 Å². The van der Waals surface area contributed by atoms with Crippen LogP contribution in [0, 0.1) is 13.8 Å². The number of carbonyl (C=O) groups excluding carboxylic acids is 1. The summed E-state index contributed by atoms with van der Waals surface area (Å²) in [7, 11) is -3.73. The summed E-state index contributed by atoms with van der Waals surface area (Å²) in [6.07, 6.45) is 0. The highest BCUT2D eigenvalue weighted by molar-refractivity contribution is 7.92. The van der Waals surface area contributed by atoms with Crippen LogP contribution in [0.4, 0.5) is 11.4 Å². The molecule has 0 fully saturated rings. The van der Waals surface area contributed by atoms with Crippen molar-refractivity contribution in [2.45, 2.75) is 18.7 Å². The molecule has 0 bridgehead atoms. The van der Waals surface area contributed by atoms with Crippen molar-refractivity contribution in [1.29, 1.82) is 0 Å². The minimum atomic E-state index is -3.73. The normalized spacial score (nSPS) is 11.1. The third-order valence-electron chi connectivity index (χ3n) is 4.27. The second-order valence-electron chi connectivity index (χ2n) is 6.39. The number of benzene rings is 3. The Labute approximate surface area is 169 Å². The van der Waals surface area contributed by atoms with Crippen molar-refractivity contribution >= 4 is 38.9 Å². The molecule has 0 atom stereocenters. The predicted molar refractivity (Wildman–Crippen MR) is 113 cm³/mol. The van der Waals surface area contributed by atoms with Gasteiger partial charge < -0.3 is 5.32 Å². The van der Waals surface area contributed by atoms with Crippen molar-refractivity contribution in [3.8, 4) is 0 Å². The maximum atomic E-state index is 12.6. The van der Waals surface area contributed by atoms with Gasteiger partial charge in [-0.2, -0.15) is 0 Å². The lowest BCUT2D eigenvalue weighted by Gasteiger charge is -2.11. The fraction of sp³-hybridized carbons (Fsp3) is 0.0952. The molecule has 2 N–H and O–H groups in total. The smallest absolute Gasteiger partial charge is 0.261 e. The molecule has 0 saturated heterocycles. The van der Waals surface area contributed by atoms with Crippen molar-refractivity contribution < 1.29 is 13.2 Å². The Bertz CT molecular complexity index is 1130. The van der Waals surface area contributed by atoms with Gasteiger partial charge in [0.25, 0.3) is 15.9 Å². The van der Waals surface area contributed by atoms with E-state index in [1.807, 2.05) is 19.9 Å². The van der Waals surface area contributed by atoms with E-state index in [1.165, 1.54) is 24.3 Å². The first-order valence-corrected chi connectivity index (χ1v) is 10.4. The molecule has 0 aliphatic rings. The SMILES string of the molecule is Cc1ccc(NS(=O)(=O)c2ccc(NC(=O)c3cccc(Cl)c3)cc2)cc1C. The van der Waals surface area contributed by atoms with Crippen molar-refractivity contribution in [2.24, 2.45) is 0 Å². The van der Waals surface area contributed by atoms with E-state index >= 15 is 0 Å². The van der Waals surface area contributed by atoms with E-state index in [1.54, 1.807) is 36.4 Å². The van der Waals surface area contributed by atoms with Gasteiger partial charge in [0.1, 0.15) is 0 Å². The van der Waals surface area contributed by atoms with Crippen molar-refractivity contribution in [3.63, 3.8) is 0 Å². The van der Waals surface area contributed by atoms with Gasteiger partial charge in [0.2, 0.25) is 0 Å². The van der Waals surface area contributed by atoms with Gasteiger partial charge in [0, 0.05) is 22.0 Å². The summed E-state index contributed by atoms with van der Waals surface area (Å²) in [4.78, 5) is 12.4. The van der Waals surface area contributed by atoms with Crippen LogP contribution in [-0.4, -0.2) is 14.3 Å². The van der Waals surface area contributed by atoms with Crippen LogP contribution in [0.15, 0.2) is 71.6 Å². The zero-order chi connectivity index (χ0) is 20.3. The minimum absolute atomic E-state index is 0.103. The molecule has 144 valence electrons. The van der Waals surface area contributed by atoms with Crippen LogP contribution < -0.4 is 10.0 Å². The Kier molecular flexibility index (Phi) is 5.72. The Morgan fingerprint density at radius 2 is 1.54 bits per heavy atom. The van der Waals surface area contributed by atoms with Crippen LogP contribution in [-0.2, 0) is 10.0 Å². The number of rotatable bonds is 5. The number of nitrogens with one attached hydrogen (secondary N) is 2. The number of aryl methyl sites for hydroxylation is 2. The fourth-order valence-corrected chi connectivity index (χ4v) is 3.81. The summed E-state index contributed by atoms with van der Waals surface area (Å²) < 4.78 is 27.7. The van der Waals surface area contributed by atoms with Gasteiger partial charge in [-0.3, -0.25) is 9.52 Å². The first kappa shape index (κ1) is 19.9. The zero-order valence-electron chi connectivity index (χ0n) is 15.4. The Hall–Kier alpha value is -2.83. The number of anilines is 2. The van der Waals surface area contributed by atoms with Gasteiger partial charge in [-0.15, -0.1) is 0 Å². The molecule has 0 aliphatic carbocycles. The zero-order valence-corrected chi connectivity index (χ0v) is 16.9. The molecule has 1 amide bonds. The molecule has 7 heteroatoms. The van der Waals surface area contributed by atoms with Gasteiger partial charge in [-0.05, 0) is 79.6 Å². The van der Waals surface area contributed by atoms with Crippen LogP contribution in [0.25, 0.3) is 0 Å². The largest absolute Gasteiger partial charge is 0.322 e. The first-order valence-electron chi connectivity index (χ1n) is 8.52. The topological polar surface area (TPSA) is 75.3 Å². The average molecular weight is 415 g/mol. The second kappa shape index (κ2) is 8.04. The van der Waals surface area contributed by atoms with Crippen LogP contribution in [0.1, 0.15) is 21.5 Å². The molecule has 0 radical (unpaired) electrons. The lowest BCUT2D eigenvalue weighted by molar-refractivity contribution is 0.102. The maximum absolute atomic E-state index is 12.6. The Morgan fingerprint density at radius 1 is 0.857 bits per heavy atom. The number of sulfonamides is 1. The van der Waals surface area contributed by atoms with Crippen molar-refractivity contribution in [3.05, 3.63) is 88.4 Å².